The molecule has 0 bridgehead atoms. The molecule has 0 aromatic heterocycles. The highest BCUT2D eigenvalue weighted by Crippen LogP contribution is 2.28. The highest BCUT2D eigenvalue weighted by molar-refractivity contribution is 5.61. The van der Waals surface area contributed by atoms with Crippen LogP contribution in [0.1, 0.15) is 32.4 Å². The highest BCUT2D eigenvalue weighted by atomic mass is 19.1. The van der Waals surface area contributed by atoms with E-state index in [1.807, 2.05) is 39.0 Å². The maximum absolute atomic E-state index is 12.9. The van der Waals surface area contributed by atoms with Crippen molar-refractivity contribution in [2.45, 2.75) is 32.9 Å². The van der Waals surface area contributed by atoms with E-state index in [9.17, 15) is 4.39 Å². The molecule has 4 heteroatoms. The van der Waals surface area contributed by atoms with Crippen LogP contribution < -0.4 is 15.8 Å². The molecule has 1 unspecified atom stereocenters. The van der Waals surface area contributed by atoms with E-state index in [-0.39, 0.29) is 18.0 Å². The third kappa shape index (κ3) is 4.12. The molecular formula is C17H21FN2O. The van der Waals surface area contributed by atoms with E-state index in [2.05, 4.69) is 5.32 Å². The molecule has 112 valence electrons. The quantitative estimate of drug-likeness (QED) is 0.803. The van der Waals surface area contributed by atoms with Crippen LogP contribution in [0.2, 0.25) is 0 Å². The van der Waals surface area contributed by atoms with Crippen molar-refractivity contribution < 1.29 is 9.13 Å². The molecule has 0 aliphatic carbocycles. The Labute approximate surface area is 124 Å². The summed E-state index contributed by atoms with van der Waals surface area (Å²) in [7, 11) is 0. The van der Waals surface area contributed by atoms with Crippen LogP contribution in [0.4, 0.5) is 15.8 Å². The molecule has 2 aromatic rings. The first kappa shape index (κ1) is 15.2. The van der Waals surface area contributed by atoms with Crippen LogP contribution in [0.5, 0.6) is 5.75 Å². The van der Waals surface area contributed by atoms with Gasteiger partial charge in [0, 0.05) is 17.8 Å². The number of nitrogen functional groups attached to an aromatic ring is 1. The minimum atomic E-state index is -0.231. The number of benzene rings is 2. The molecular weight excluding hydrogens is 267 g/mol. The maximum atomic E-state index is 12.9. The maximum Gasteiger partial charge on any atom is 0.144 e. The Bertz CT molecular complexity index is 596. The Morgan fingerprint density at radius 1 is 1.05 bits per heavy atom. The van der Waals surface area contributed by atoms with Gasteiger partial charge in [-0.25, -0.2) is 4.39 Å². The van der Waals surface area contributed by atoms with Gasteiger partial charge in [0.2, 0.25) is 0 Å². The van der Waals surface area contributed by atoms with E-state index in [1.54, 1.807) is 12.1 Å². The lowest BCUT2D eigenvalue weighted by atomic mass is 10.1. The number of nitrogens with two attached hydrogens (primary N) is 1. The first-order valence-corrected chi connectivity index (χ1v) is 7.04. The van der Waals surface area contributed by atoms with E-state index in [1.165, 1.54) is 12.1 Å². The lowest BCUT2D eigenvalue weighted by Gasteiger charge is -2.18. The van der Waals surface area contributed by atoms with Gasteiger partial charge < -0.3 is 15.8 Å². The summed E-state index contributed by atoms with van der Waals surface area (Å²) < 4.78 is 18.6. The molecule has 1 atom stereocenters. The first-order valence-electron chi connectivity index (χ1n) is 7.04. The standard InChI is InChI=1S/C17H21FN2O/c1-11(2)21-17-10-15(8-9-16(17)19)20-12(3)13-4-6-14(18)7-5-13/h4-12,20H,19H2,1-3H3. The van der Waals surface area contributed by atoms with Gasteiger partial charge >= 0.3 is 0 Å². The fraction of sp³-hybridized carbons (Fsp3) is 0.294. The van der Waals surface area contributed by atoms with Crippen LogP contribution in [0, 0.1) is 5.82 Å². The average molecular weight is 288 g/mol. The van der Waals surface area contributed by atoms with Crippen LogP contribution in [0.15, 0.2) is 42.5 Å². The normalized spacial score (nSPS) is 12.2. The topological polar surface area (TPSA) is 47.3 Å². The molecule has 2 aromatic carbocycles. The van der Waals surface area contributed by atoms with Gasteiger partial charge in [0.05, 0.1) is 11.8 Å². The van der Waals surface area contributed by atoms with Crippen LogP contribution in [-0.2, 0) is 0 Å². The van der Waals surface area contributed by atoms with E-state index in [4.69, 9.17) is 10.5 Å². The summed E-state index contributed by atoms with van der Waals surface area (Å²) in [4.78, 5) is 0. The molecule has 0 saturated carbocycles. The van der Waals surface area contributed by atoms with E-state index in [0.29, 0.717) is 11.4 Å². The molecule has 0 spiro atoms. The summed E-state index contributed by atoms with van der Waals surface area (Å²) in [6, 6.07) is 12.1. The molecule has 3 N–H and O–H groups in total. The van der Waals surface area contributed by atoms with Crippen molar-refractivity contribution in [1.82, 2.24) is 0 Å². The van der Waals surface area contributed by atoms with Crippen molar-refractivity contribution in [3.8, 4) is 5.75 Å². The zero-order valence-corrected chi connectivity index (χ0v) is 12.6. The van der Waals surface area contributed by atoms with Gasteiger partial charge in [-0.15, -0.1) is 0 Å². The fourth-order valence-corrected chi connectivity index (χ4v) is 2.06. The smallest absolute Gasteiger partial charge is 0.144 e. The molecule has 0 aliphatic heterocycles. The van der Waals surface area contributed by atoms with Crippen molar-refractivity contribution in [2.75, 3.05) is 11.1 Å². The SMILES string of the molecule is CC(C)Oc1cc(NC(C)c2ccc(F)cc2)ccc1N. The van der Waals surface area contributed by atoms with Gasteiger partial charge in [-0.1, -0.05) is 12.1 Å². The lowest BCUT2D eigenvalue weighted by Crippen LogP contribution is -2.09. The molecule has 0 heterocycles. The second kappa shape index (κ2) is 6.48. The molecule has 0 fully saturated rings. The molecule has 0 aliphatic rings. The van der Waals surface area contributed by atoms with Crippen molar-refractivity contribution in [3.63, 3.8) is 0 Å². The fourth-order valence-electron chi connectivity index (χ4n) is 2.06. The lowest BCUT2D eigenvalue weighted by molar-refractivity contribution is 0.244. The van der Waals surface area contributed by atoms with Crippen LogP contribution in [-0.4, -0.2) is 6.10 Å². The number of rotatable bonds is 5. The minimum absolute atomic E-state index is 0.0566. The highest BCUT2D eigenvalue weighted by Gasteiger charge is 2.08. The Morgan fingerprint density at radius 3 is 2.33 bits per heavy atom. The minimum Gasteiger partial charge on any atom is -0.489 e. The van der Waals surface area contributed by atoms with E-state index >= 15 is 0 Å². The summed E-state index contributed by atoms with van der Waals surface area (Å²) >= 11 is 0. The Hall–Kier alpha value is -2.23. The van der Waals surface area contributed by atoms with Gasteiger partial charge in [-0.3, -0.25) is 0 Å². The molecule has 0 amide bonds. The Kier molecular flexibility index (Phi) is 4.68. The van der Waals surface area contributed by atoms with Crippen molar-refractivity contribution >= 4 is 11.4 Å². The van der Waals surface area contributed by atoms with Crippen LogP contribution in [0.25, 0.3) is 0 Å². The Morgan fingerprint density at radius 2 is 1.71 bits per heavy atom. The third-order valence-electron chi connectivity index (χ3n) is 3.13. The second-order valence-electron chi connectivity index (χ2n) is 5.34. The van der Waals surface area contributed by atoms with Gasteiger partial charge in [0.25, 0.3) is 0 Å². The van der Waals surface area contributed by atoms with Crippen molar-refractivity contribution in [2.24, 2.45) is 0 Å². The number of ether oxygens (including phenoxy) is 1. The molecule has 2 rings (SSSR count). The summed E-state index contributed by atoms with van der Waals surface area (Å²) in [5.74, 6) is 0.437. The molecule has 0 saturated heterocycles. The monoisotopic (exact) mass is 288 g/mol. The third-order valence-corrected chi connectivity index (χ3v) is 3.13. The summed E-state index contributed by atoms with van der Waals surface area (Å²) in [6.07, 6.45) is 0.0667. The zero-order chi connectivity index (χ0) is 15.4. The Balaban J connectivity index is 2.13. The number of nitrogens with one attached hydrogen (secondary N) is 1. The summed E-state index contributed by atoms with van der Waals surface area (Å²) in [6.45, 7) is 5.94. The van der Waals surface area contributed by atoms with Crippen molar-refractivity contribution in [1.29, 1.82) is 0 Å². The molecule has 21 heavy (non-hydrogen) atoms. The van der Waals surface area contributed by atoms with Crippen LogP contribution in [0.3, 0.4) is 0 Å². The molecule has 0 radical (unpaired) electrons. The largest absolute Gasteiger partial charge is 0.489 e. The molecule has 3 nitrogen and oxygen atoms in total. The number of halogens is 1. The van der Waals surface area contributed by atoms with Gasteiger partial charge in [-0.2, -0.15) is 0 Å². The van der Waals surface area contributed by atoms with Gasteiger partial charge in [-0.05, 0) is 50.6 Å². The second-order valence-corrected chi connectivity index (χ2v) is 5.34. The van der Waals surface area contributed by atoms with E-state index in [0.717, 1.165) is 11.3 Å². The van der Waals surface area contributed by atoms with E-state index < -0.39 is 0 Å². The zero-order valence-electron chi connectivity index (χ0n) is 12.6. The predicted octanol–water partition coefficient (Wildman–Crippen LogP) is 4.37. The van der Waals surface area contributed by atoms with Gasteiger partial charge in [0.1, 0.15) is 11.6 Å². The number of hydrogen-bond donors (Lipinski definition) is 2. The summed E-state index contributed by atoms with van der Waals surface area (Å²) in [5.41, 5.74) is 8.44. The number of anilines is 2. The van der Waals surface area contributed by atoms with Gasteiger partial charge in [0.15, 0.2) is 0 Å². The van der Waals surface area contributed by atoms with Crippen LogP contribution >= 0.6 is 0 Å². The first-order chi connectivity index (χ1) is 9.95. The number of hydrogen-bond acceptors (Lipinski definition) is 3. The summed E-state index contributed by atoms with van der Waals surface area (Å²) in [5, 5.41) is 3.36. The average Bonchev–Trinajstić information content (AvgIpc) is 2.42. The predicted molar refractivity (Wildman–Crippen MR) is 85.1 cm³/mol. The van der Waals surface area contributed by atoms with Crippen molar-refractivity contribution in [3.05, 3.63) is 53.8 Å².